The number of hydrogen-bond donors (Lipinski definition) is 1. The van der Waals surface area contributed by atoms with Gasteiger partial charge in [0.25, 0.3) is 0 Å². The van der Waals surface area contributed by atoms with E-state index in [1.165, 1.54) is 4.88 Å². The van der Waals surface area contributed by atoms with Crippen LogP contribution < -0.4 is 5.32 Å². The van der Waals surface area contributed by atoms with Crippen LogP contribution in [-0.4, -0.2) is 30.4 Å². The number of amides is 1. The lowest BCUT2D eigenvalue weighted by Gasteiger charge is -2.21. The van der Waals surface area contributed by atoms with Gasteiger partial charge in [0.2, 0.25) is 5.91 Å². The topological polar surface area (TPSA) is 32.3 Å². The van der Waals surface area contributed by atoms with E-state index in [0.717, 1.165) is 11.0 Å². The Kier molecular flexibility index (Phi) is 5.44. The van der Waals surface area contributed by atoms with Crippen molar-refractivity contribution < 1.29 is 4.79 Å². The standard InChI is InChI=1S/C11H17BrN2OS/c1-8(2)14(3)11(15)7-13-6-10-9(12)4-5-16-10/h4-5,8,13H,6-7H2,1-3H3. The second-order valence-electron chi connectivity index (χ2n) is 3.89. The number of likely N-dealkylation sites (N-methyl/N-ethyl adjacent to an activating group) is 1. The Bertz CT molecular complexity index is 352. The lowest BCUT2D eigenvalue weighted by Crippen LogP contribution is -2.39. The van der Waals surface area contributed by atoms with E-state index in [-0.39, 0.29) is 11.9 Å². The second-order valence-corrected chi connectivity index (χ2v) is 5.75. The molecule has 1 aromatic heterocycles. The molecule has 1 aromatic rings. The van der Waals surface area contributed by atoms with Crippen molar-refractivity contribution in [1.29, 1.82) is 0 Å². The summed E-state index contributed by atoms with van der Waals surface area (Å²) in [5.41, 5.74) is 0. The van der Waals surface area contributed by atoms with Crippen LogP contribution in [0.1, 0.15) is 18.7 Å². The molecule has 0 radical (unpaired) electrons. The van der Waals surface area contributed by atoms with Gasteiger partial charge < -0.3 is 10.2 Å². The predicted octanol–water partition coefficient (Wildman–Crippen LogP) is 2.47. The van der Waals surface area contributed by atoms with Crippen LogP contribution in [-0.2, 0) is 11.3 Å². The number of halogens is 1. The van der Waals surface area contributed by atoms with Crippen LogP contribution in [0, 0.1) is 0 Å². The average Bonchev–Trinajstić information content (AvgIpc) is 2.63. The van der Waals surface area contributed by atoms with Crippen molar-refractivity contribution in [3.8, 4) is 0 Å². The molecule has 1 amide bonds. The molecule has 1 N–H and O–H groups in total. The first-order valence-corrected chi connectivity index (χ1v) is 6.88. The maximum atomic E-state index is 11.7. The largest absolute Gasteiger partial charge is 0.342 e. The summed E-state index contributed by atoms with van der Waals surface area (Å²) in [7, 11) is 1.83. The minimum Gasteiger partial charge on any atom is -0.342 e. The molecule has 1 heterocycles. The Morgan fingerprint density at radius 2 is 2.31 bits per heavy atom. The van der Waals surface area contributed by atoms with E-state index >= 15 is 0 Å². The van der Waals surface area contributed by atoms with E-state index in [2.05, 4.69) is 21.2 Å². The summed E-state index contributed by atoms with van der Waals surface area (Å²) in [6.45, 7) is 5.14. The third kappa shape index (κ3) is 3.88. The highest BCUT2D eigenvalue weighted by Crippen LogP contribution is 2.21. The maximum absolute atomic E-state index is 11.7. The van der Waals surface area contributed by atoms with E-state index in [1.54, 1.807) is 16.2 Å². The number of rotatable bonds is 5. The monoisotopic (exact) mass is 304 g/mol. The van der Waals surface area contributed by atoms with Crippen LogP contribution in [0.4, 0.5) is 0 Å². The Morgan fingerprint density at radius 3 is 2.81 bits per heavy atom. The predicted molar refractivity (Wildman–Crippen MR) is 71.6 cm³/mol. The minimum absolute atomic E-state index is 0.127. The first kappa shape index (κ1) is 13.7. The molecule has 3 nitrogen and oxygen atoms in total. The van der Waals surface area contributed by atoms with Gasteiger partial charge in [0.1, 0.15) is 0 Å². The molecule has 0 saturated heterocycles. The fourth-order valence-electron chi connectivity index (χ4n) is 1.15. The van der Waals surface area contributed by atoms with E-state index < -0.39 is 0 Å². The van der Waals surface area contributed by atoms with Crippen LogP contribution in [0.2, 0.25) is 0 Å². The third-order valence-corrected chi connectivity index (χ3v) is 4.35. The Hall–Kier alpha value is -0.390. The van der Waals surface area contributed by atoms with Crippen molar-refractivity contribution in [1.82, 2.24) is 10.2 Å². The van der Waals surface area contributed by atoms with Crippen molar-refractivity contribution >= 4 is 33.2 Å². The fraction of sp³-hybridized carbons (Fsp3) is 0.545. The zero-order chi connectivity index (χ0) is 12.1. The molecule has 0 aliphatic heterocycles. The molecule has 16 heavy (non-hydrogen) atoms. The number of thiophene rings is 1. The molecule has 0 fully saturated rings. The van der Waals surface area contributed by atoms with Gasteiger partial charge in [0, 0.05) is 29.0 Å². The van der Waals surface area contributed by atoms with E-state index in [9.17, 15) is 4.79 Å². The van der Waals surface area contributed by atoms with Crippen molar-refractivity contribution in [2.45, 2.75) is 26.4 Å². The van der Waals surface area contributed by atoms with Gasteiger partial charge in [-0.3, -0.25) is 4.79 Å². The molecule has 90 valence electrons. The van der Waals surface area contributed by atoms with Crippen molar-refractivity contribution in [3.05, 3.63) is 20.8 Å². The molecule has 0 aromatic carbocycles. The first-order valence-electron chi connectivity index (χ1n) is 5.20. The molecular formula is C11H17BrN2OS. The van der Waals surface area contributed by atoms with Gasteiger partial charge in [0.15, 0.2) is 0 Å². The van der Waals surface area contributed by atoms with Gasteiger partial charge in [-0.15, -0.1) is 11.3 Å². The minimum atomic E-state index is 0.127. The number of carbonyl (C=O) groups is 1. The molecule has 0 spiro atoms. The quantitative estimate of drug-likeness (QED) is 0.906. The van der Waals surface area contributed by atoms with Crippen molar-refractivity contribution in [2.24, 2.45) is 0 Å². The van der Waals surface area contributed by atoms with E-state index in [4.69, 9.17) is 0 Å². The molecule has 0 saturated carbocycles. The summed E-state index contributed by atoms with van der Waals surface area (Å²) in [5.74, 6) is 0.127. The zero-order valence-corrected chi connectivity index (χ0v) is 12.2. The van der Waals surface area contributed by atoms with Crippen LogP contribution >= 0.6 is 27.3 Å². The highest BCUT2D eigenvalue weighted by atomic mass is 79.9. The van der Waals surface area contributed by atoms with Gasteiger partial charge in [0.05, 0.1) is 6.54 Å². The summed E-state index contributed by atoms with van der Waals surface area (Å²) in [6.07, 6.45) is 0. The highest BCUT2D eigenvalue weighted by molar-refractivity contribution is 9.10. The Labute approximate surface area is 109 Å². The number of nitrogens with one attached hydrogen (secondary N) is 1. The van der Waals surface area contributed by atoms with Gasteiger partial charge in [-0.05, 0) is 41.2 Å². The van der Waals surface area contributed by atoms with Crippen molar-refractivity contribution in [3.63, 3.8) is 0 Å². The van der Waals surface area contributed by atoms with Crippen molar-refractivity contribution in [2.75, 3.05) is 13.6 Å². The number of hydrogen-bond acceptors (Lipinski definition) is 3. The summed E-state index contributed by atoms with van der Waals surface area (Å²) < 4.78 is 1.11. The SMILES string of the molecule is CC(C)N(C)C(=O)CNCc1sccc1Br. The average molecular weight is 305 g/mol. The van der Waals surface area contributed by atoms with Crippen LogP contribution in [0.3, 0.4) is 0 Å². The maximum Gasteiger partial charge on any atom is 0.236 e. The van der Waals surface area contributed by atoms with Gasteiger partial charge in [-0.25, -0.2) is 0 Å². The molecule has 0 aliphatic rings. The highest BCUT2D eigenvalue weighted by Gasteiger charge is 2.11. The molecule has 1 rings (SSSR count). The molecular weight excluding hydrogens is 288 g/mol. The number of carbonyl (C=O) groups excluding carboxylic acids is 1. The Morgan fingerprint density at radius 1 is 1.62 bits per heavy atom. The summed E-state index contributed by atoms with van der Waals surface area (Å²) in [5, 5.41) is 5.18. The number of nitrogens with zero attached hydrogens (tertiary/aromatic N) is 1. The smallest absolute Gasteiger partial charge is 0.236 e. The third-order valence-electron chi connectivity index (χ3n) is 2.42. The van der Waals surface area contributed by atoms with Gasteiger partial charge in [-0.2, -0.15) is 0 Å². The molecule has 5 heteroatoms. The van der Waals surface area contributed by atoms with E-state index in [1.807, 2.05) is 32.3 Å². The first-order chi connectivity index (χ1) is 7.52. The zero-order valence-electron chi connectivity index (χ0n) is 9.79. The molecule has 0 aliphatic carbocycles. The molecule has 0 unspecified atom stereocenters. The second kappa shape index (κ2) is 6.37. The summed E-state index contributed by atoms with van der Waals surface area (Å²) in [6, 6.07) is 2.27. The van der Waals surface area contributed by atoms with Gasteiger partial charge in [-0.1, -0.05) is 0 Å². The van der Waals surface area contributed by atoms with E-state index in [0.29, 0.717) is 6.54 Å². The molecule has 0 bridgehead atoms. The normalized spacial score (nSPS) is 10.8. The fourth-order valence-corrected chi connectivity index (χ4v) is 2.61. The van der Waals surface area contributed by atoms with Gasteiger partial charge >= 0.3 is 0 Å². The Balaban J connectivity index is 2.31. The van der Waals surface area contributed by atoms with Crippen LogP contribution in [0.15, 0.2) is 15.9 Å². The lowest BCUT2D eigenvalue weighted by atomic mass is 10.3. The van der Waals surface area contributed by atoms with Crippen LogP contribution in [0.5, 0.6) is 0 Å². The van der Waals surface area contributed by atoms with Crippen LogP contribution in [0.25, 0.3) is 0 Å². The lowest BCUT2D eigenvalue weighted by molar-refractivity contribution is -0.130. The molecule has 0 atom stereocenters. The summed E-state index contributed by atoms with van der Waals surface area (Å²) >= 11 is 5.14. The summed E-state index contributed by atoms with van der Waals surface area (Å²) in [4.78, 5) is 14.6.